The van der Waals surface area contributed by atoms with E-state index >= 15 is 0 Å². The molecule has 2 rings (SSSR count). The molecule has 0 N–H and O–H groups in total. The molecular formula is C13H11BrN2O3. The van der Waals surface area contributed by atoms with Crippen molar-refractivity contribution in [2.75, 3.05) is 7.11 Å². The third-order valence-electron chi connectivity index (χ3n) is 2.61. The number of halogens is 1. The van der Waals surface area contributed by atoms with E-state index < -0.39 is 11.4 Å². The van der Waals surface area contributed by atoms with Gasteiger partial charge in [-0.15, -0.1) is 0 Å². The van der Waals surface area contributed by atoms with E-state index in [2.05, 4.69) is 25.8 Å². The van der Waals surface area contributed by atoms with E-state index in [-0.39, 0.29) is 5.69 Å². The number of ether oxygens (including phenoxy) is 1. The van der Waals surface area contributed by atoms with Crippen LogP contribution in [0.3, 0.4) is 0 Å². The molecule has 0 amide bonds. The number of benzene rings is 1. The fraction of sp³-hybridized carbons (Fsp3) is 0.154. The van der Waals surface area contributed by atoms with Gasteiger partial charge in [0.2, 0.25) is 11.1 Å². The second-order valence-electron chi connectivity index (χ2n) is 3.87. The average molecular weight is 323 g/mol. The summed E-state index contributed by atoms with van der Waals surface area (Å²) in [4.78, 5) is 23.0. The lowest BCUT2D eigenvalue weighted by molar-refractivity contribution is 0.0590. The number of hydrogen-bond acceptors (Lipinski definition) is 4. The summed E-state index contributed by atoms with van der Waals surface area (Å²) in [5.41, 5.74) is 1.06. The van der Waals surface area contributed by atoms with Gasteiger partial charge in [0, 0.05) is 16.7 Å². The zero-order valence-corrected chi connectivity index (χ0v) is 12.0. The third-order valence-corrected chi connectivity index (χ3v) is 3.64. The van der Waals surface area contributed by atoms with Crippen molar-refractivity contribution in [1.82, 2.24) is 9.78 Å². The molecule has 1 heterocycles. The van der Waals surface area contributed by atoms with Crippen molar-refractivity contribution in [2.45, 2.75) is 6.92 Å². The molecule has 0 atom stereocenters. The van der Waals surface area contributed by atoms with Crippen molar-refractivity contribution in [3.8, 4) is 5.69 Å². The molecule has 0 spiro atoms. The molecule has 0 fully saturated rings. The van der Waals surface area contributed by atoms with Gasteiger partial charge in [-0.25, -0.2) is 9.48 Å². The quantitative estimate of drug-likeness (QED) is 0.794. The van der Waals surface area contributed by atoms with Crippen molar-refractivity contribution in [3.63, 3.8) is 0 Å². The second-order valence-corrected chi connectivity index (χ2v) is 4.67. The van der Waals surface area contributed by atoms with Gasteiger partial charge >= 0.3 is 5.97 Å². The van der Waals surface area contributed by atoms with Crippen LogP contribution in [-0.2, 0) is 4.74 Å². The minimum atomic E-state index is -0.747. The molecule has 0 radical (unpaired) electrons. The predicted octanol–water partition coefficient (Wildman–Crippen LogP) is 2.09. The molecule has 0 saturated carbocycles. The fourth-order valence-electron chi connectivity index (χ4n) is 1.59. The number of hydrogen-bond donors (Lipinski definition) is 0. The number of aryl methyl sites for hydroxylation is 1. The lowest BCUT2D eigenvalue weighted by atomic mass is 10.2. The highest BCUT2D eigenvalue weighted by atomic mass is 79.9. The van der Waals surface area contributed by atoms with Crippen LogP contribution in [0, 0.1) is 6.92 Å². The van der Waals surface area contributed by atoms with E-state index in [1.54, 1.807) is 0 Å². The van der Waals surface area contributed by atoms with Crippen LogP contribution in [0.5, 0.6) is 0 Å². The highest BCUT2D eigenvalue weighted by Gasteiger charge is 2.14. The monoisotopic (exact) mass is 322 g/mol. The number of nitrogens with zero attached hydrogens (tertiary/aromatic N) is 2. The molecule has 1 aromatic heterocycles. The molecule has 0 bridgehead atoms. The number of esters is 1. The normalized spacial score (nSPS) is 10.3. The first-order valence-corrected chi connectivity index (χ1v) is 6.27. The molecular weight excluding hydrogens is 312 g/mol. The Morgan fingerprint density at radius 1 is 1.37 bits per heavy atom. The minimum Gasteiger partial charge on any atom is -0.464 e. The van der Waals surface area contributed by atoms with Crippen molar-refractivity contribution < 1.29 is 9.53 Å². The van der Waals surface area contributed by atoms with Crippen LogP contribution in [0.4, 0.5) is 0 Å². The molecule has 19 heavy (non-hydrogen) atoms. The number of rotatable bonds is 2. The molecule has 5 nitrogen and oxygen atoms in total. The van der Waals surface area contributed by atoms with Crippen LogP contribution in [-0.4, -0.2) is 22.9 Å². The van der Waals surface area contributed by atoms with Crippen molar-refractivity contribution in [3.05, 3.63) is 56.4 Å². The van der Waals surface area contributed by atoms with Gasteiger partial charge < -0.3 is 4.74 Å². The van der Waals surface area contributed by atoms with Crippen LogP contribution in [0.1, 0.15) is 16.1 Å². The highest BCUT2D eigenvalue weighted by molar-refractivity contribution is 9.10. The summed E-state index contributed by atoms with van der Waals surface area (Å²) in [6, 6.07) is 6.92. The lowest BCUT2D eigenvalue weighted by Crippen LogP contribution is -2.21. The SMILES string of the molecule is COC(=O)c1nn(-c2cccc(C)c2Br)ccc1=O. The zero-order valence-electron chi connectivity index (χ0n) is 10.4. The van der Waals surface area contributed by atoms with Crippen LogP contribution >= 0.6 is 15.9 Å². The number of carbonyl (C=O) groups excluding carboxylic acids is 1. The standard InChI is InChI=1S/C13H11BrN2O3/c1-8-4-3-5-9(11(8)14)16-7-6-10(17)12(15-16)13(18)19-2/h3-7H,1-2H3. The van der Waals surface area contributed by atoms with Gasteiger partial charge in [0.05, 0.1) is 12.8 Å². The summed E-state index contributed by atoms with van der Waals surface area (Å²) in [7, 11) is 1.21. The van der Waals surface area contributed by atoms with E-state index in [4.69, 9.17) is 0 Å². The Morgan fingerprint density at radius 3 is 2.79 bits per heavy atom. The van der Waals surface area contributed by atoms with Gasteiger partial charge in [-0.2, -0.15) is 5.10 Å². The summed E-state index contributed by atoms with van der Waals surface area (Å²) in [6.45, 7) is 1.94. The summed E-state index contributed by atoms with van der Waals surface area (Å²) in [6.07, 6.45) is 1.51. The largest absolute Gasteiger partial charge is 0.464 e. The van der Waals surface area contributed by atoms with Crippen LogP contribution in [0.2, 0.25) is 0 Å². The van der Waals surface area contributed by atoms with E-state index in [0.29, 0.717) is 0 Å². The molecule has 0 aliphatic carbocycles. The Kier molecular flexibility index (Phi) is 3.80. The van der Waals surface area contributed by atoms with Gasteiger partial charge in [0.15, 0.2) is 0 Å². The first-order chi connectivity index (χ1) is 9.04. The molecule has 0 aliphatic rings. The molecule has 0 unspecified atom stereocenters. The van der Waals surface area contributed by atoms with Crippen LogP contribution in [0.15, 0.2) is 39.7 Å². The van der Waals surface area contributed by atoms with E-state index in [0.717, 1.165) is 15.7 Å². The number of methoxy groups -OCH3 is 1. The maximum atomic E-state index is 11.6. The Hall–Kier alpha value is -1.95. The molecule has 98 valence electrons. The maximum absolute atomic E-state index is 11.6. The second kappa shape index (κ2) is 5.36. The molecule has 1 aromatic carbocycles. The van der Waals surface area contributed by atoms with Gasteiger partial charge in [0.25, 0.3) is 0 Å². The first kappa shape index (κ1) is 13.5. The Balaban J connectivity index is 2.61. The molecule has 2 aromatic rings. The summed E-state index contributed by atoms with van der Waals surface area (Å²) in [5.74, 6) is -0.747. The Morgan fingerprint density at radius 2 is 2.11 bits per heavy atom. The van der Waals surface area contributed by atoms with E-state index in [1.807, 2.05) is 25.1 Å². The number of aromatic nitrogens is 2. The van der Waals surface area contributed by atoms with Crippen LogP contribution < -0.4 is 5.43 Å². The molecule has 6 heteroatoms. The van der Waals surface area contributed by atoms with E-state index in [1.165, 1.54) is 24.1 Å². The number of carbonyl (C=O) groups is 1. The maximum Gasteiger partial charge on any atom is 0.362 e. The van der Waals surface area contributed by atoms with Crippen molar-refractivity contribution in [2.24, 2.45) is 0 Å². The summed E-state index contributed by atoms with van der Waals surface area (Å²) >= 11 is 3.46. The van der Waals surface area contributed by atoms with Gasteiger partial charge in [0.1, 0.15) is 0 Å². The highest BCUT2D eigenvalue weighted by Crippen LogP contribution is 2.23. The van der Waals surface area contributed by atoms with Gasteiger partial charge in [-0.05, 0) is 34.5 Å². The molecule has 0 saturated heterocycles. The summed E-state index contributed by atoms with van der Waals surface area (Å²) in [5, 5.41) is 4.01. The third kappa shape index (κ3) is 2.58. The average Bonchev–Trinajstić information content (AvgIpc) is 2.42. The fourth-order valence-corrected chi connectivity index (χ4v) is 2.03. The lowest BCUT2D eigenvalue weighted by Gasteiger charge is -2.10. The van der Waals surface area contributed by atoms with Gasteiger partial charge in [-0.3, -0.25) is 4.79 Å². The summed E-state index contributed by atoms with van der Waals surface area (Å²) < 4.78 is 6.85. The smallest absolute Gasteiger partial charge is 0.362 e. The Bertz CT molecular complexity index is 695. The topological polar surface area (TPSA) is 61.2 Å². The zero-order chi connectivity index (χ0) is 14.0. The van der Waals surface area contributed by atoms with Crippen molar-refractivity contribution in [1.29, 1.82) is 0 Å². The van der Waals surface area contributed by atoms with Crippen molar-refractivity contribution >= 4 is 21.9 Å². The predicted molar refractivity (Wildman–Crippen MR) is 73.6 cm³/mol. The van der Waals surface area contributed by atoms with Gasteiger partial charge in [-0.1, -0.05) is 12.1 Å². The molecule has 0 aliphatic heterocycles. The van der Waals surface area contributed by atoms with E-state index in [9.17, 15) is 9.59 Å². The minimum absolute atomic E-state index is 0.238. The Labute approximate surface area is 118 Å². The first-order valence-electron chi connectivity index (χ1n) is 5.48. The van der Waals surface area contributed by atoms with Crippen LogP contribution in [0.25, 0.3) is 5.69 Å².